The van der Waals surface area contributed by atoms with Gasteiger partial charge < -0.3 is 35.5 Å². The zero-order chi connectivity index (χ0) is 27.4. The van der Waals surface area contributed by atoms with Crippen molar-refractivity contribution in [2.45, 2.75) is 31.5 Å². The highest BCUT2D eigenvalue weighted by Gasteiger charge is 2.38. The van der Waals surface area contributed by atoms with Gasteiger partial charge in [0.05, 0.1) is 19.7 Å². The summed E-state index contributed by atoms with van der Waals surface area (Å²) in [7, 11) is 1.52. The van der Waals surface area contributed by atoms with E-state index in [2.05, 4.69) is 20.8 Å². The number of H-pyrrole nitrogens is 1. The number of aromatic nitrogens is 2. The number of aromatic amines is 1. The average molecular weight is 535 g/mol. The monoisotopic (exact) mass is 534 g/mol. The maximum atomic E-state index is 13.0. The van der Waals surface area contributed by atoms with Crippen molar-refractivity contribution in [3.63, 3.8) is 0 Å². The van der Waals surface area contributed by atoms with Gasteiger partial charge in [0.2, 0.25) is 5.91 Å². The molecule has 5 aliphatic rings. The van der Waals surface area contributed by atoms with E-state index in [1.165, 1.54) is 13.2 Å². The van der Waals surface area contributed by atoms with E-state index in [4.69, 9.17) is 19.9 Å². The Labute approximate surface area is 224 Å². The number of nitrogen functional groups attached to an aromatic ring is 1. The van der Waals surface area contributed by atoms with Crippen LogP contribution in [0.4, 0.5) is 5.82 Å². The normalized spacial score (nSPS) is 19.9. The molecule has 5 N–H and O–H groups in total. The van der Waals surface area contributed by atoms with Gasteiger partial charge >= 0.3 is 0 Å². The number of anilines is 1. The van der Waals surface area contributed by atoms with Crippen molar-refractivity contribution in [2.75, 3.05) is 32.5 Å². The van der Waals surface area contributed by atoms with Gasteiger partial charge in [-0.25, -0.2) is 0 Å². The summed E-state index contributed by atoms with van der Waals surface area (Å²) >= 11 is 0. The van der Waals surface area contributed by atoms with Crippen LogP contribution in [0, 0.1) is 0 Å². The Balaban J connectivity index is 1.37. The smallest absolute Gasteiger partial charge is 0.272 e. The lowest BCUT2D eigenvalue weighted by Gasteiger charge is -2.21. The number of benzene rings is 2. The SMILES string of the molecule is COc1cc2ccc1OCC(=O)NCc1ccc(cc1)O[C@H]1CN(C(=O)c3cc(N)n[nH]3)C[C@@H]1NC(=O)CC2. The molecule has 0 saturated carbocycles. The van der Waals surface area contributed by atoms with Gasteiger partial charge in [-0.1, -0.05) is 18.2 Å². The van der Waals surface area contributed by atoms with Crippen LogP contribution >= 0.6 is 0 Å². The lowest BCUT2D eigenvalue weighted by molar-refractivity contribution is -0.123. The van der Waals surface area contributed by atoms with Crippen molar-refractivity contribution in [2.24, 2.45) is 0 Å². The molecule has 1 fully saturated rings. The Hall–Kier alpha value is -4.74. The van der Waals surface area contributed by atoms with E-state index < -0.39 is 12.1 Å². The van der Waals surface area contributed by atoms with Crippen LogP contribution in [0.15, 0.2) is 48.5 Å². The van der Waals surface area contributed by atoms with Gasteiger partial charge in [0.25, 0.3) is 11.8 Å². The number of rotatable bonds is 2. The molecule has 39 heavy (non-hydrogen) atoms. The summed E-state index contributed by atoms with van der Waals surface area (Å²) in [4.78, 5) is 39.9. The zero-order valence-electron chi connectivity index (χ0n) is 21.4. The van der Waals surface area contributed by atoms with Crippen LogP contribution in [0.5, 0.6) is 17.2 Å². The molecule has 0 unspecified atom stereocenters. The first kappa shape index (κ1) is 25.9. The molecule has 1 saturated heterocycles. The molecule has 5 aliphatic heterocycles. The summed E-state index contributed by atoms with van der Waals surface area (Å²) in [6, 6.07) is 13.7. The van der Waals surface area contributed by atoms with Gasteiger partial charge in [-0.15, -0.1) is 0 Å². The Morgan fingerprint density at radius 2 is 1.85 bits per heavy atom. The van der Waals surface area contributed by atoms with Gasteiger partial charge in [-0.05, 0) is 41.8 Å². The van der Waals surface area contributed by atoms with Gasteiger partial charge in [0.15, 0.2) is 18.1 Å². The minimum Gasteiger partial charge on any atom is -0.493 e. The number of carbonyl (C=O) groups is 3. The molecule has 4 bridgehead atoms. The first-order valence-electron chi connectivity index (χ1n) is 12.6. The standard InChI is InChI=1S/C27H30N6O6/c1-37-22-10-16-4-8-21(22)38-15-26(35)29-12-17-2-6-18(7-3-17)39-23-14-33(13-20(23)30-25(34)9-5-16)27(36)19-11-24(28)32-31-19/h2-4,6-8,10-11,20,23H,5,9,12-15H2,1H3,(H,29,35)(H,30,34)(H3,28,31,32)/t20-,23-/m0/s1. The lowest BCUT2D eigenvalue weighted by atomic mass is 10.1. The number of nitrogens with one attached hydrogen (secondary N) is 3. The third-order valence-corrected chi connectivity index (χ3v) is 6.66. The highest BCUT2D eigenvalue weighted by Crippen LogP contribution is 2.29. The first-order valence-corrected chi connectivity index (χ1v) is 12.6. The fraction of sp³-hybridized carbons (Fsp3) is 0.333. The number of nitrogens with zero attached hydrogens (tertiary/aromatic N) is 2. The number of likely N-dealkylation sites (tertiary alicyclic amines) is 1. The summed E-state index contributed by atoms with van der Waals surface area (Å²) in [5.41, 5.74) is 7.68. The lowest BCUT2D eigenvalue weighted by Crippen LogP contribution is -2.45. The van der Waals surface area contributed by atoms with Gasteiger partial charge in [0.1, 0.15) is 23.4 Å². The fourth-order valence-corrected chi connectivity index (χ4v) is 4.59. The Morgan fingerprint density at radius 3 is 2.59 bits per heavy atom. The van der Waals surface area contributed by atoms with E-state index in [-0.39, 0.29) is 55.4 Å². The summed E-state index contributed by atoms with van der Waals surface area (Å²) in [5.74, 6) is 0.991. The van der Waals surface area contributed by atoms with Crippen molar-refractivity contribution in [3.05, 3.63) is 65.4 Å². The van der Waals surface area contributed by atoms with E-state index in [0.717, 1.165) is 11.1 Å². The molecule has 3 aromatic rings. The molecule has 12 nitrogen and oxygen atoms in total. The molecular weight excluding hydrogens is 504 g/mol. The first-order chi connectivity index (χ1) is 18.9. The molecule has 12 heteroatoms. The van der Waals surface area contributed by atoms with Crippen LogP contribution in [0.3, 0.4) is 0 Å². The molecule has 0 spiro atoms. The summed E-state index contributed by atoms with van der Waals surface area (Å²) in [5, 5.41) is 12.4. The average Bonchev–Trinajstić information content (AvgIpc) is 3.55. The molecule has 204 valence electrons. The number of aryl methyl sites for hydroxylation is 1. The Bertz CT molecular complexity index is 1360. The van der Waals surface area contributed by atoms with Crippen LogP contribution in [-0.4, -0.2) is 71.8 Å². The predicted molar refractivity (Wildman–Crippen MR) is 140 cm³/mol. The predicted octanol–water partition coefficient (Wildman–Crippen LogP) is 1.03. The van der Waals surface area contributed by atoms with Crippen LogP contribution in [0.1, 0.15) is 28.0 Å². The van der Waals surface area contributed by atoms with Crippen molar-refractivity contribution in [1.29, 1.82) is 0 Å². The van der Waals surface area contributed by atoms with Crippen LogP contribution in [-0.2, 0) is 22.6 Å². The Morgan fingerprint density at radius 1 is 1.05 bits per heavy atom. The van der Waals surface area contributed by atoms with Crippen molar-refractivity contribution < 1.29 is 28.6 Å². The number of ether oxygens (including phenoxy) is 3. The quantitative estimate of drug-likeness (QED) is 0.379. The highest BCUT2D eigenvalue weighted by atomic mass is 16.5. The molecule has 6 heterocycles. The molecule has 3 amide bonds. The number of amides is 3. The van der Waals surface area contributed by atoms with Crippen LogP contribution in [0.2, 0.25) is 0 Å². The fourth-order valence-electron chi connectivity index (χ4n) is 4.59. The number of carbonyl (C=O) groups excluding carboxylic acids is 3. The topological polar surface area (TPSA) is 161 Å². The van der Waals surface area contributed by atoms with Crippen molar-refractivity contribution >= 4 is 23.5 Å². The number of methoxy groups -OCH3 is 1. The second-order valence-corrected chi connectivity index (χ2v) is 9.44. The number of hydrogen-bond donors (Lipinski definition) is 4. The molecule has 8 rings (SSSR count). The van der Waals surface area contributed by atoms with Crippen molar-refractivity contribution in [3.8, 4) is 17.2 Å². The van der Waals surface area contributed by atoms with E-state index in [9.17, 15) is 14.4 Å². The summed E-state index contributed by atoms with van der Waals surface area (Å²) in [6.45, 7) is 0.677. The van der Waals surface area contributed by atoms with Gasteiger partial charge in [-0.3, -0.25) is 19.5 Å². The molecule has 1 aromatic heterocycles. The maximum absolute atomic E-state index is 13.0. The van der Waals surface area contributed by atoms with Gasteiger partial charge in [0, 0.05) is 25.6 Å². The molecule has 0 radical (unpaired) electrons. The van der Waals surface area contributed by atoms with Gasteiger partial charge in [-0.2, -0.15) is 5.10 Å². The zero-order valence-corrected chi connectivity index (χ0v) is 21.4. The minimum atomic E-state index is -0.481. The molecule has 0 aliphatic carbocycles. The van der Waals surface area contributed by atoms with E-state index in [0.29, 0.717) is 30.2 Å². The van der Waals surface area contributed by atoms with Crippen molar-refractivity contribution in [1.82, 2.24) is 25.7 Å². The summed E-state index contributed by atoms with van der Waals surface area (Å²) in [6.07, 6.45) is 0.193. The maximum Gasteiger partial charge on any atom is 0.272 e. The third-order valence-electron chi connectivity index (χ3n) is 6.66. The Kier molecular flexibility index (Phi) is 7.53. The van der Waals surface area contributed by atoms with Crippen LogP contribution < -0.4 is 30.6 Å². The second kappa shape index (κ2) is 11.3. The summed E-state index contributed by atoms with van der Waals surface area (Å²) < 4.78 is 17.3. The molecule has 2 atom stereocenters. The number of nitrogens with two attached hydrogens (primary N) is 1. The van der Waals surface area contributed by atoms with E-state index >= 15 is 0 Å². The number of hydrogen-bond acceptors (Lipinski definition) is 8. The van der Waals surface area contributed by atoms with Crippen LogP contribution in [0.25, 0.3) is 0 Å². The molecule has 2 aromatic carbocycles. The largest absolute Gasteiger partial charge is 0.493 e. The third kappa shape index (κ3) is 6.22. The van der Waals surface area contributed by atoms with E-state index in [1.807, 2.05) is 18.2 Å². The molecular formula is C27H30N6O6. The minimum absolute atomic E-state index is 0.164. The second-order valence-electron chi connectivity index (χ2n) is 9.44. The highest BCUT2D eigenvalue weighted by molar-refractivity contribution is 5.93. The van der Waals surface area contributed by atoms with E-state index in [1.54, 1.807) is 29.2 Å².